The van der Waals surface area contributed by atoms with E-state index in [1.165, 1.54) is 29.7 Å². The van der Waals surface area contributed by atoms with E-state index in [9.17, 15) is 23.2 Å². The first-order chi connectivity index (χ1) is 18.6. The molecule has 2 atom stereocenters. The molecule has 0 aliphatic rings. The van der Waals surface area contributed by atoms with E-state index >= 15 is 0 Å². The van der Waals surface area contributed by atoms with Gasteiger partial charge in [0.05, 0.1) is 6.33 Å². The Bertz CT molecular complexity index is 1430. The topological polar surface area (TPSA) is 125 Å². The fourth-order valence-corrected chi connectivity index (χ4v) is 3.60. The Morgan fingerprint density at radius 2 is 1.62 bits per heavy atom. The van der Waals surface area contributed by atoms with Gasteiger partial charge < -0.3 is 15.2 Å². The SMILES string of the molecule is CC(=O)NC(C)(C(F)F)[C@H](NC(=O)c1ccc(C#CC#Cc2ccc(Cn3ccnc3)cc2)cc1)C(=O)NO. The maximum Gasteiger partial charge on any atom is 0.268 e. The van der Waals surface area contributed by atoms with Gasteiger partial charge in [0.2, 0.25) is 5.91 Å². The zero-order valence-electron chi connectivity index (χ0n) is 21.0. The van der Waals surface area contributed by atoms with Crippen molar-refractivity contribution in [3.05, 3.63) is 89.5 Å². The molecule has 1 unspecified atom stereocenters. The summed E-state index contributed by atoms with van der Waals surface area (Å²) in [6.07, 6.45) is 2.09. The number of nitrogens with zero attached hydrogens (tertiary/aromatic N) is 2. The van der Waals surface area contributed by atoms with E-state index in [2.05, 4.69) is 34.0 Å². The number of hydroxylamine groups is 1. The van der Waals surface area contributed by atoms with Crippen LogP contribution in [0.2, 0.25) is 0 Å². The van der Waals surface area contributed by atoms with Crippen LogP contribution in [0.25, 0.3) is 0 Å². The lowest BCUT2D eigenvalue weighted by atomic mass is 9.91. The van der Waals surface area contributed by atoms with Gasteiger partial charge >= 0.3 is 0 Å². The Morgan fingerprint density at radius 3 is 2.10 bits per heavy atom. The van der Waals surface area contributed by atoms with Gasteiger partial charge in [-0.1, -0.05) is 24.0 Å². The third kappa shape index (κ3) is 7.74. The van der Waals surface area contributed by atoms with Gasteiger partial charge in [0.25, 0.3) is 18.2 Å². The van der Waals surface area contributed by atoms with E-state index in [-0.39, 0.29) is 5.56 Å². The van der Waals surface area contributed by atoms with Crippen LogP contribution in [0.4, 0.5) is 8.78 Å². The third-order valence-corrected chi connectivity index (χ3v) is 5.65. The molecular formula is C28H25F2N5O4. The summed E-state index contributed by atoms with van der Waals surface area (Å²) in [7, 11) is 0. The molecule has 0 aliphatic carbocycles. The van der Waals surface area contributed by atoms with Gasteiger partial charge in [-0.2, -0.15) is 0 Å². The van der Waals surface area contributed by atoms with Gasteiger partial charge in [0.1, 0.15) is 11.6 Å². The molecule has 39 heavy (non-hydrogen) atoms. The predicted octanol–water partition coefficient (Wildman–Crippen LogP) is 2.10. The quantitative estimate of drug-likeness (QED) is 0.201. The van der Waals surface area contributed by atoms with Crippen molar-refractivity contribution < 1.29 is 28.4 Å². The van der Waals surface area contributed by atoms with E-state index in [1.807, 2.05) is 40.3 Å². The summed E-state index contributed by atoms with van der Waals surface area (Å²) in [4.78, 5) is 40.2. The number of imidazole rings is 1. The monoisotopic (exact) mass is 533 g/mol. The third-order valence-electron chi connectivity index (χ3n) is 5.65. The number of hydrogen-bond donors (Lipinski definition) is 4. The summed E-state index contributed by atoms with van der Waals surface area (Å²) in [5.41, 5.74) is 1.23. The maximum absolute atomic E-state index is 13.8. The van der Waals surface area contributed by atoms with Crippen LogP contribution in [0, 0.1) is 23.7 Å². The molecule has 0 saturated carbocycles. The lowest BCUT2D eigenvalue weighted by Gasteiger charge is -2.36. The first-order valence-electron chi connectivity index (χ1n) is 11.6. The summed E-state index contributed by atoms with van der Waals surface area (Å²) >= 11 is 0. The van der Waals surface area contributed by atoms with Crippen LogP contribution in [-0.4, -0.2) is 50.5 Å². The second-order valence-corrected chi connectivity index (χ2v) is 8.66. The Kier molecular flexibility index (Phi) is 9.52. The molecule has 0 saturated heterocycles. The summed E-state index contributed by atoms with van der Waals surface area (Å²) in [6.45, 7) is 2.58. The number of alkyl halides is 2. The second-order valence-electron chi connectivity index (χ2n) is 8.66. The normalized spacial score (nSPS) is 12.6. The van der Waals surface area contributed by atoms with Crippen molar-refractivity contribution >= 4 is 17.7 Å². The van der Waals surface area contributed by atoms with Gasteiger partial charge in [0.15, 0.2) is 0 Å². The van der Waals surface area contributed by atoms with E-state index < -0.39 is 35.7 Å². The molecule has 4 N–H and O–H groups in total. The van der Waals surface area contributed by atoms with Gasteiger partial charge in [-0.15, -0.1) is 0 Å². The van der Waals surface area contributed by atoms with Crippen LogP contribution in [0.15, 0.2) is 67.3 Å². The van der Waals surface area contributed by atoms with Crippen molar-refractivity contribution in [2.24, 2.45) is 0 Å². The molecule has 1 heterocycles. The van der Waals surface area contributed by atoms with Crippen molar-refractivity contribution in [3.63, 3.8) is 0 Å². The number of carbonyl (C=O) groups excluding carboxylic acids is 3. The smallest absolute Gasteiger partial charge is 0.268 e. The lowest BCUT2D eigenvalue weighted by molar-refractivity contribution is -0.137. The number of hydrogen-bond acceptors (Lipinski definition) is 5. The molecule has 1 aromatic heterocycles. The Labute approximate surface area is 223 Å². The lowest BCUT2D eigenvalue weighted by Crippen LogP contribution is -2.68. The maximum atomic E-state index is 13.8. The minimum Gasteiger partial charge on any atom is -0.343 e. The Hall–Kier alpha value is -5.00. The molecule has 3 amide bonds. The molecule has 0 radical (unpaired) electrons. The van der Waals surface area contributed by atoms with Crippen molar-refractivity contribution in [1.29, 1.82) is 0 Å². The highest BCUT2D eigenvalue weighted by atomic mass is 19.3. The summed E-state index contributed by atoms with van der Waals surface area (Å²) in [6, 6.07) is 11.6. The highest BCUT2D eigenvalue weighted by Crippen LogP contribution is 2.21. The van der Waals surface area contributed by atoms with Crippen LogP contribution >= 0.6 is 0 Å². The van der Waals surface area contributed by atoms with Crippen molar-refractivity contribution in [3.8, 4) is 23.7 Å². The summed E-state index contributed by atoms with van der Waals surface area (Å²) < 4.78 is 29.5. The largest absolute Gasteiger partial charge is 0.343 e. The van der Waals surface area contributed by atoms with Crippen molar-refractivity contribution in [2.75, 3.05) is 0 Å². The molecular weight excluding hydrogens is 508 g/mol. The number of carbonyl (C=O) groups is 3. The molecule has 3 rings (SSSR count). The first kappa shape index (κ1) is 28.6. The zero-order valence-corrected chi connectivity index (χ0v) is 21.0. The zero-order chi connectivity index (χ0) is 28.4. The number of nitrogens with one attached hydrogen (secondary N) is 3. The minimum atomic E-state index is -3.25. The molecule has 11 heteroatoms. The number of rotatable bonds is 8. The highest BCUT2D eigenvalue weighted by molar-refractivity contribution is 5.98. The van der Waals surface area contributed by atoms with Crippen LogP contribution in [-0.2, 0) is 16.1 Å². The number of aromatic nitrogens is 2. The van der Waals surface area contributed by atoms with E-state index in [0.717, 1.165) is 25.0 Å². The van der Waals surface area contributed by atoms with Gasteiger partial charge in [-0.3, -0.25) is 19.6 Å². The highest BCUT2D eigenvalue weighted by Gasteiger charge is 2.48. The molecule has 0 bridgehead atoms. The van der Waals surface area contributed by atoms with Gasteiger partial charge in [-0.25, -0.2) is 19.2 Å². The minimum absolute atomic E-state index is 0.0394. The van der Waals surface area contributed by atoms with E-state index in [0.29, 0.717) is 12.1 Å². The van der Waals surface area contributed by atoms with Crippen molar-refractivity contribution in [1.82, 2.24) is 25.7 Å². The first-order valence-corrected chi connectivity index (χ1v) is 11.6. The average Bonchev–Trinajstić information content (AvgIpc) is 3.43. The fourth-order valence-electron chi connectivity index (χ4n) is 3.60. The number of halogens is 2. The van der Waals surface area contributed by atoms with Crippen LogP contribution in [0.3, 0.4) is 0 Å². The predicted molar refractivity (Wildman–Crippen MR) is 137 cm³/mol. The van der Waals surface area contributed by atoms with Crippen LogP contribution in [0.1, 0.15) is 40.9 Å². The number of amides is 3. The Morgan fingerprint density at radius 1 is 1.03 bits per heavy atom. The molecule has 3 aromatic rings. The standard InChI is InChI=1S/C28H25F2N5O4/c1-19(36)33-28(2,27(29)30)24(26(38)34-39)32-25(37)23-13-11-21(12-14-23)6-4-3-5-20-7-9-22(10-8-20)17-35-16-15-31-18-35/h7-16,18,24,27,39H,17H2,1-2H3,(H,32,37)(H,33,36)(H,34,38)/t24-,28?/m1/s1. The van der Waals surface area contributed by atoms with E-state index in [4.69, 9.17) is 5.21 Å². The summed E-state index contributed by atoms with van der Waals surface area (Å²) in [5, 5.41) is 13.1. The fraction of sp³-hybridized carbons (Fsp3) is 0.214. The molecule has 2 aromatic carbocycles. The van der Waals surface area contributed by atoms with Gasteiger partial charge in [0, 0.05) is 42.6 Å². The van der Waals surface area contributed by atoms with Crippen LogP contribution in [0.5, 0.6) is 0 Å². The molecule has 9 nitrogen and oxygen atoms in total. The molecule has 0 aliphatic heterocycles. The average molecular weight is 534 g/mol. The van der Waals surface area contributed by atoms with Crippen LogP contribution < -0.4 is 16.1 Å². The van der Waals surface area contributed by atoms with Crippen molar-refractivity contribution in [2.45, 2.75) is 38.4 Å². The molecule has 0 spiro atoms. The molecule has 200 valence electrons. The second kappa shape index (κ2) is 13.0. The molecule has 0 fully saturated rings. The Balaban J connectivity index is 1.66. The van der Waals surface area contributed by atoms with E-state index in [1.54, 1.807) is 12.5 Å². The summed E-state index contributed by atoms with van der Waals surface area (Å²) in [5.74, 6) is 8.22. The van der Waals surface area contributed by atoms with Gasteiger partial charge in [-0.05, 0) is 60.7 Å². The number of benzene rings is 2.